The van der Waals surface area contributed by atoms with Crippen molar-refractivity contribution in [2.24, 2.45) is 5.41 Å². The van der Waals surface area contributed by atoms with Crippen molar-refractivity contribution in [3.8, 4) is 37.0 Å². The first-order valence-corrected chi connectivity index (χ1v) is 17.3. The molecule has 1 aromatic carbocycles. The molecule has 0 spiro atoms. The highest BCUT2D eigenvalue weighted by Gasteiger charge is 2.42. The van der Waals surface area contributed by atoms with Crippen LogP contribution in [-0.4, -0.2) is 66.4 Å². The first-order chi connectivity index (χ1) is 21.9. The number of carbonyl (C=O) groups excluding carboxylic acids is 3. The maximum absolute atomic E-state index is 13.6. The van der Waals surface area contributed by atoms with Crippen molar-refractivity contribution in [2.75, 3.05) is 11.9 Å². The summed E-state index contributed by atoms with van der Waals surface area (Å²) in [5.74, 6) is -0.0232. The molecule has 0 bridgehead atoms. The molecule has 12 heteroatoms. The average molecular weight is 670 g/mol. The number of anilines is 1. The van der Waals surface area contributed by atoms with Crippen LogP contribution in [0.3, 0.4) is 0 Å². The van der Waals surface area contributed by atoms with E-state index in [4.69, 9.17) is 4.98 Å². The maximum Gasteiger partial charge on any atom is 0.246 e. The molecule has 1 aliphatic heterocycles. The van der Waals surface area contributed by atoms with Crippen LogP contribution < -0.4 is 15.4 Å². The number of carbonyl (C=O) groups is 3. The molecule has 250 valence electrons. The van der Waals surface area contributed by atoms with Gasteiger partial charge in [0, 0.05) is 23.5 Å². The number of thiazole rings is 1. The molecule has 2 aromatic rings. The van der Waals surface area contributed by atoms with Crippen molar-refractivity contribution < 1.29 is 22.8 Å². The zero-order chi connectivity index (χ0) is 35.1. The summed E-state index contributed by atoms with van der Waals surface area (Å²) in [5.41, 5.74) is 2.84. The molecular weight excluding hydrogens is 623 g/mol. The van der Waals surface area contributed by atoms with E-state index in [1.165, 1.54) is 16.9 Å². The first kappa shape index (κ1) is 39.9. The lowest BCUT2D eigenvalue weighted by atomic mass is 9.85. The summed E-state index contributed by atoms with van der Waals surface area (Å²) < 4.78 is 23.1. The quantitative estimate of drug-likeness (QED) is 0.199. The highest BCUT2D eigenvalue weighted by Crippen LogP contribution is 2.32. The van der Waals surface area contributed by atoms with Gasteiger partial charge in [-0.05, 0) is 50.9 Å². The Hall–Kier alpha value is -4.13. The second-order valence-corrected chi connectivity index (χ2v) is 14.7. The van der Waals surface area contributed by atoms with Crippen molar-refractivity contribution in [3.63, 3.8) is 0 Å². The Labute approximate surface area is 278 Å². The number of benzene rings is 1. The van der Waals surface area contributed by atoms with E-state index in [0.717, 1.165) is 42.1 Å². The second-order valence-electron chi connectivity index (χ2n) is 11.8. The molecule has 1 aromatic heterocycles. The van der Waals surface area contributed by atoms with Crippen LogP contribution in [0.1, 0.15) is 64.9 Å². The van der Waals surface area contributed by atoms with Gasteiger partial charge in [0.1, 0.15) is 12.1 Å². The van der Waals surface area contributed by atoms with E-state index in [9.17, 15) is 22.8 Å². The SMILES string of the molecule is C#C.C#C.C=C.Cc1ccc(-c2csc(N[C@H](C(=O)N3CCC[C@H]3C(=O)NC3CC3)C(C)(C)C)n2)cc1.O=CNS(=O)(=O)C1CC1. The van der Waals surface area contributed by atoms with E-state index in [0.29, 0.717) is 25.4 Å². The van der Waals surface area contributed by atoms with E-state index in [1.807, 2.05) is 26.2 Å². The number of hydrogen-bond donors (Lipinski definition) is 3. The molecule has 2 saturated carbocycles. The molecule has 46 heavy (non-hydrogen) atoms. The summed E-state index contributed by atoms with van der Waals surface area (Å²) in [7, 11) is -3.26. The number of rotatable bonds is 9. The van der Waals surface area contributed by atoms with Crippen LogP contribution >= 0.6 is 11.3 Å². The van der Waals surface area contributed by atoms with Gasteiger partial charge in [-0.1, -0.05) is 50.6 Å². The Morgan fingerprint density at radius 2 is 1.63 bits per heavy atom. The van der Waals surface area contributed by atoms with Crippen molar-refractivity contribution in [3.05, 3.63) is 48.4 Å². The third-order valence-corrected chi connectivity index (χ3v) is 9.72. The number of nitrogens with zero attached hydrogens (tertiary/aromatic N) is 2. The van der Waals surface area contributed by atoms with Gasteiger partial charge in [0.25, 0.3) is 0 Å². The van der Waals surface area contributed by atoms with Gasteiger partial charge >= 0.3 is 0 Å². The topological polar surface area (TPSA) is 138 Å². The molecule has 0 radical (unpaired) electrons. The van der Waals surface area contributed by atoms with Crippen LogP contribution in [0.4, 0.5) is 5.13 Å². The van der Waals surface area contributed by atoms with Gasteiger partial charge in [0.2, 0.25) is 28.2 Å². The molecule has 1 saturated heterocycles. The summed E-state index contributed by atoms with van der Waals surface area (Å²) in [6.07, 6.45) is 21.3. The zero-order valence-electron chi connectivity index (χ0n) is 27.2. The number of sulfonamides is 1. The number of nitrogens with one attached hydrogen (secondary N) is 3. The third-order valence-electron chi connectivity index (χ3n) is 7.17. The van der Waals surface area contributed by atoms with Gasteiger partial charge in [-0.2, -0.15) is 0 Å². The Morgan fingerprint density at radius 1 is 1.04 bits per heavy atom. The molecule has 2 atom stereocenters. The minimum absolute atomic E-state index is 0.00286. The number of aromatic nitrogens is 1. The molecular formula is C34H47N5O5S2. The van der Waals surface area contributed by atoms with Crippen LogP contribution in [0, 0.1) is 38.0 Å². The molecule has 10 nitrogen and oxygen atoms in total. The Kier molecular flexibility index (Phi) is 16.3. The maximum atomic E-state index is 13.6. The predicted molar refractivity (Wildman–Crippen MR) is 187 cm³/mol. The van der Waals surface area contributed by atoms with E-state index >= 15 is 0 Å². The van der Waals surface area contributed by atoms with Gasteiger partial charge in [-0.15, -0.1) is 50.2 Å². The molecule has 2 heterocycles. The van der Waals surface area contributed by atoms with E-state index in [2.05, 4.69) is 80.7 Å². The summed E-state index contributed by atoms with van der Waals surface area (Å²) in [4.78, 5) is 42.4. The number of aryl methyl sites for hydroxylation is 1. The summed E-state index contributed by atoms with van der Waals surface area (Å²) in [6, 6.07) is 7.75. The summed E-state index contributed by atoms with van der Waals surface area (Å²) >= 11 is 1.50. The first-order valence-electron chi connectivity index (χ1n) is 14.9. The van der Waals surface area contributed by atoms with Crippen LogP contribution in [-0.2, 0) is 24.4 Å². The zero-order valence-corrected chi connectivity index (χ0v) is 28.8. The minimum atomic E-state index is -3.26. The van der Waals surface area contributed by atoms with Crippen molar-refractivity contribution in [2.45, 2.75) is 89.6 Å². The second kappa shape index (κ2) is 18.7. The molecule has 3 aliphatic rings. The number of amides is 3. The van der Waals surface area contributed by atoms with Crippen LogP contribution in [0.2, 0.25) is 0 Å². The Morgan fingerprint density at radius 3 is 2.13 bits per heavy atom. The molecule has 3 fully saturated rings. The highest BCUT2D eigenvalue weighted by atomic mass is 32.2. The predicted octanol–water partition coefficient (Wildman–Crippen LogP) is 4.74. The fourth-order valence-corrected chi connectivity index (χ4v) is 6.34. The third kappa shape index (κ3) is 12.0. The molecule has 3 amide bonds. The van der Waals surface area contributed by atoms with Gasteiger partial charge < -0.3 is 15.5 Å². The van der Waals surface area contributed by atoms with Crippen molar-refractivity contribution in [1.29, 1.82) is 0 Å². The largest absolute Gasteiger partial charge is 0.352 e. The summed E-state index contributed by atoms with van der Waals surface area (Å²) in [6.45, 7) is 14.8. The van der Waals surface area contributed by atoms with Gasteiger partial charge in [-0.25, -0.2) is 13.4 Å². The Bertz CT molecular complexity index is 1410. The number of terminal acetylenes is 2. The normalized spacial score (nSPS) is 17.3. The van der Waals surface area contributed by atoms with E-state index in [-0.39, 0.29) is 34.9 Å². The van der Waals surface area contributed by atoms with E-state index in [1.54, 1.807) is 9.62 Å². The van der Waals surface area contributed by atoms with Crippen LogP contribution in [0.15, 0.2) is 42.8 Å². The molecule has 0 unspecified atom stereocenters. The lowest BCUT2D eigenvalue weighted by Gasteiger charge is -2.35. The standard InChI is InChI=1S/C24H32N4O2S.C4H7NO3S.C2H4.2C2H2/c1-15-7-9-16(10-8-15)18-14-31-23(26-18)27-20(24(2,3)4)22(30)28-13-5-6-19(28)21(29)25-17-11-12-17;6-3-5-9(7,8)4-1-2-4;3*1-2/h7-10,14,17,19-20H,5-6,11-13H2,1-4H3,(H,25,29)(H,26,27);3-4H,1-2H2,(H,5,6);1-2H2;2*1-2H/t19-,20+;;;;/m0..../s1. The lowest BCUT2D eigenvalue weighted by Crippen LogP contribution is -2.54. The van der Waals surface area contributed by atoms with Crippen molar-refractivity contribution >= 4 is 44.7 Å². The van der Waals surface area contributed by atoms with Crippen LogP contribution in [0.5, 0.6) is 0 Å². The molecule has 2 aliphatic carbocycles. The van der Waals surface area contributed by atoms with Gasteiger partial charge in [0.15, 0.2) is 5.13 Å². The Balaban J connectivity index is 0.000000593. The number of hydrogen-bond acceptors (Lipinski definition) is 8. The summed E-state index contributed by atoms with van der Waals surface area (Å²) in [5, 5.41) is 8.90. The van der Waals surface area contributed by atoms with Gasteiger partial charge in [0.05, 0.1) is 10.9 Å². The van der Waals surface area contributed by atoms with Gasteiger partial charge in [-0.3, -0.25) is 19.1 Å². The molecule has 3 N–H and O–H groups in total. The van der Waals surface area contributed by atoms with E-state index < -0.39 is 16.1 Å². The smallest absolute Gasteiger partial charge is 0.246 e. The van der Waals surface area contributed by atoms with Crippen LogP contribution in [0.25, 0.3) is 11.3 Å². The molecule has 5 rings (SSSR count). The highest BCUT2D eigenvalue weighted by molar-refractivity contribution is 7.90. The average Bonchev–Trinajstić information content (AvgIpc) is 3.97. The fraction of sp³-hybridized carbons (Fsp3) is 0.471. The monoisotopic (exact) mass is 669 g/mol. The fourth-order valence-electron chi connectivity index (χ4n) is 4.50. The minimum Gasteiger partial charge on any atom is -0.352 e. The number of likely N-dealkylation sites (tertiary alicyclic amines) is 1. The lowest BCUT2D eigenvalue weighted by molar-refractivity contribution is -0.140. The van der Waals surface area contributed by atoms with Crippen molar-refractivity contribution in [1.82, 2.24) is 19.9 Å².